The zero-order valence-electron chi connectivity index (χ0n) is 13.0. The predicted molar refractivity (Wildman–Crippen MR) is 82.8 cm³/mol. The van der Waals surface area contributed by atoms with Crippen molar-refractivity contribution in [3.05, 3.63) is 29.8 Å². The van der Waals surface area contributed by atoms with Gasteiger partial charge < -0.3 is 15.4 Å². The fourth-order valence-electron chi connectivity index (χ4n) is 1.83. The Hall–Kier alpha value is -1.39. The van der Waals surface area contributed by atoms with Crippen LogP contribution in [0.2, 0.25) is 0 Å². The summed E-state index contributed by atoms with van der Waals surface area (Å²) >= 11 is 0. The number of rotatable bonds is 8. The van der Waals surface area contributed by atoms with Gasteiger partial charge in [0.2, 0.25) is 0 Å². The normalized spacial score (nSPS) is 13.8. The third-order valence-corrected chi connectivity index (χ3v) is 3.55. The molecular weight excluding hydrogens is 252 g/mol. The molecule has 0 aliphatic heterocycles. The van der Waals surface area contributed by atoms with Crippen molar-refractivity contribution in [2.75, 3.05) is 19.0 Å². The lowest BCUT2D eigenvalue weighted by Crippen LogP contribution is -2.41. The van der Waals surface area contributed by atoms with Crippen molar-refractivity contribution >= 4 is 11.6 Å². The summed E-state index contributed by atoms with van der Waals surface area (Å²) in [6.45, 7) is 7.68. The molecule has 1 aromatic carbocycles. The first-order chi connectivity index (χ1) is 9.55. The van der Waals surface area contributed by atoms with Gasteiger partial charge in [0.1, 0.15) is 5.60 Å². The summed E-state index contributed by atoms with van der Waals surface area (Å²) in [5.74, 6) is -0.110. The van der Waals surface area contributed by atoms with Crippen LogP contribution in [0, 0.1) is 0 Å². The molecule has 112 valence electrons. The van der Waals surface area contributed by atoms with Gasteiger partial charge in [-0.3, -0.25) is 4.79 Å². The average Bonchev–Trinajstić information content (AvgIpc) is 2.47. The molecule has 0 bridgehead atoms. The van der Waals surface area contributed by atoms with Gasteiger partial charge in [0, 0.05) is 19.3 Å². The van der Waals surface area contributed by atoms with Gasteiger partial charge in [0.15, 0.2) is 0 Å². The molecule has 0 aliphatic rings. The van der Waals surface area contributed by atoms with Crippen molar-refractivity contribution in [3.63, 3.8) is 0 Å². The standard InChI is InChI=1S/C16H26N2O2/c1-5-10-17-12-13-8-7-9-14(11-13)18-15(19)16(3,6-2)20-4/h7-9,11,17H,5-6,10,12H2,1-4H3,(H,18,19). The lowest BCUT2D eigenvalue weighted by Gasteiger charge is -2.25. The van der Waals surface area contributed by atoms with Crippen LogP contribution in [0.5, 0.6) is 0 Å². The molecule has 0 radical (unpaired) electrons. The summed E-state index contributed by atoms with van der Waals surface area (Å²) in [7, 11) is 1.56. The van der Waals surface area contributed by atoms with Crippen molar-refractivity contribution in [3.8, 4) is 0 Å². The number of anilines is 1. The largest absolute Gasteiger partial charge is 0.369 e. The number of hydrogen-bond donors (Lipinski definition) is 2. The maximum atomic E-state index is 12.2. The van der Waals surface area contributed by atoms with Crippen LogP contribution < -0.4 is 10.6 Å². The summed E-state index contributed by atoms with van der Waals surface area (Å²) in [6, 6.07) is 7.89. The van der Waals surface area contributed by atoms with E-state index in [1.807, 2.05) is 31.2 Å². The average molecular weight is 278 g/mol. The highest BCUT2D eigenvalue weighted by Gasteiger charge is 2.30. The van der Waals surface area contributed by atoms with E-state index < -0.39 is 5.60 Å². The zero-order valence-corrected chi connectivity index (χ0v) is 13.0. The summed E-state index contributed by atoms with van der Waals surface area (Å²) < 4.78 is 5.31. The first kappa shape index (κ1) is 16.7. The minimum absolute atomic E-state index is 0.110. The number of carbonyl (C=O) groups excluding carboxylic acids is 1. The van der Waals surface area contributed by atoms with Crippen LogP contribution in [-0.2, 0) is 16.1 Å². The molecule has 1 atom stereocenters. The predicted octanol–water partition coefficient (Wildman–Crippen LogP) is 2.94. The van der Waals surface area contributed by atoms with Crippen LogP contribution in [-0.4, -0.2) is 25.2 Å². The van der Waals surface area contributed by atoms with E-state index in [0.29, 0.717) is 6.42 Å². The van der Waals surface area contributed by atoms with E-state index >= 15 is 0 Å². The zero-order chi connectivity index (χ0) is 15.0. The van der Waals surface area contributed by atoms with Gasteiger partial charge in [-0.25, -0.2) is 0 Å². The van der Waals surface area contributed by atoms with Crippen molar-refractivity contribution in [1.29, 1.82) is 0 Å². The second-order valence-electron chi connectivity index (χ2n) is 5.12. The molecule has 1 rings (SSSR count). The maximum Gasteiger partial charge on any atom is 0.256 e. The molecule has 1 amide bonds. The van der Waals surface area contributed by atoms with E-state index in [9.17, 15) is 4.79 Å². The van der Waals surface area contributed by atoms with Crippen molar-refractivity contribution in [2.45, 2.75) is 45.8 Å². The molecule has 2 N–H and O–H groups in total. The number of benzene rings is 1. The van der Waals surface area contributed by atoms with Crippen LogP contribution in [0.25, 0.3) is 0 Å². The molecule has 4 nitrogen and oxygen atoms in total. The molecule has 0 spiro atoms. The minimum atomic E-state index is -0.781. The van der Waals surface area contributed by atoms with Crippen LogP contribution in [0.3, 0.4) is 0 Å². The Balaban J connectivity index is 2.68. The van der Waals surface area contributed by atoms with Gasteiger partial charge in [-0.1, -0.05) is 26.0 Å². The molecule has 20 heavy (non-hydrogen) atoms. The van der Waals surface area contributed by atoms with Crippen molar-refractivity contribution in [2.24, 2.45) is 0 Å². The third-order valence-electron chi connectivity index (χ3n) is 3.55. The Kier molecular flexibility index (Phi) is 6.68. The summed E-state index contributed by atoms with van der Waals surface area (Å²) in [5, 5.41) is 6.27. The number of hydrogen-bond acceptors (Lipinski definition) is 3. The first-order valence-corrected chi connectivity index (χ1v) is 7.22. The van der Waals surface area contributed by atoms with Gasteiger partial charge >= 0.3 is 0 Å². The number of methoxy groups -OCH3 is 1. The summed E-state index contributed by atoms with van der Waals surface area (Å²) in [4.78, 5) is 12.2. The van der Waals surface area contributed by atoms with Gasteiger partial charge in [0.05, 0.1) is 0 Å². The smallest absolute Gasteiger partial charge is 0.256 e. The highest BCUT2D eigenvalue weighted by Crippen LogP contribution is 2.18. The van der Waals surface area contributed by atoms with E-state index in [-0.39, 0.29) is 5.91 Å². The molecular formula is C16H26N2O2. The van der Waals surface area contributed by atoms with E-state index in [4.69, 9.17) is 4.74 Å². The Morgan fingerprint density at radius 3 is 2.70 bits per heavy atom. The first-order valence-electron chi connectivity index (χ1n) is 7.22. The van der Waals surface area contributed by atoms with Gasteiger partial charge in [-0.15, -0.1) is 0 Å². The van der Waals surface area contributed by atoms with E-state index in [2.05, 4.69) is 17.6 Å². The molecule has 0 aliphatic carbocycles. The second-order valence-corrected chi connectivity index (χ2v) is 5.12. The van der Waals surface area contributed by atoms with Crippen molar-refractivity contribution < 1.29 is 9.53 Å². The minimum Gasteiger partial charge on any atom is -0.369 e. The Morgan fingerprint density at radius 1 is 1.35 bits per heavy atom. The van der Waals surface area contributed by atoms with Crippen molar-refractivity contribution in [1.82, 2.24) is 5.32 Å². The number of nitrogens with one attached hydrogen (secondary N) is 2. The summed E-state index contributed by atoms with van der Waals surface area (Å²) in [5.41, 5.74) is 1.19. The maximum absolute atomic E-state index is 12.2. The van der Waals surface area contributed by atoms with E-state index in [1.54, 1.807) is 14.0 Å². The fourth-order valence-corrected chi connectivity index (χ4v) is 1.83. The lowest BCUT2D eigenvalue weighted by molar-refractivity contribution is -0.136. The molecule has 1 unspecified atom stereocenters. The quantitative estimate of drug-likeness (QED) is 0.719. The van der Waals surface area contributed by atoms with E-state index in [1.165, 1.54) is 0 Å². The van der Waals surface area contributed by atoms with Crippen LogP contribution in [0.15, 0.2) is 24.3 Å². The number of carbonyl (C=O) groups is 1. The Morgan fingerprint density at radius 2 is 2.10 bits per heavy atom. The molecule has 1 aromatic rings. The van der Waals surface area contributed by atoms with Gasteiger partial charge in [-0.05, 0) is 44.0 Å². The monoisotopic (exact) mass is 278 g/mol. The van der Waals surface area contributed by atoms with E-state index in [0.717, 1.165) is 30.8 Å². The van der Waals surface area contributed by atoms with Crippen LogP contribution in [0.4, 0.5) is 5.69 Å². The molecule has 0 heterocycles. The second kappa shape index (κ2) is 8.02. The highest BCUT2D eigenvalue weighted by molar-refractivity contribution is 5.97. The fraction of sp³-hybridized carbons (Fsp3) is 0.562. The number of ether oxygens (including phenoxy) is 1. The lowest BCUT2D eigenvalue weighted by atomic mass is 10.0. The van der Waals surface area contributed by atoms with Gasteiger partial charge in [0.25, 0.3) is 5.91 Å². The van der Waals surface area contributed by atoms with Crippen LogP contribution >= 0.6 is 0 Å². The highest BCUT2D eigenvalue weighted by atomic mass is 16.5. The van der Waals surface area contributed by atoms with Crippen LogP contribution in [0.1, 0.15) is 39.2 Å². The van der Waals surface area contributed by atoms with Gasteiger partial charge in [-0.2, -0.15) is 0 Å². The molecule has 4 heteroatoms. The summed E-state index contributed by atoms with van der Waals surface area (Å²) in [6.07, 6.45) is 1.74. The number of amides is 1. The molecule has 0 fully saturated rings. The Bertz CT molecular complexity index is 428. The molecule has 0 saturated carbocycles. The SMILES string of the molecule is CCCNCc1cccc(NC(=O)C(C)(CC)OC)c1. The third kappa shape index (κ3) is 4.62. The molecule has 0 aromatic heterocycles. The Labute approximate surface area is 121 Å². The molecule has 0 saturated heterocycles. The topological polar surface area (TPSA) is 50.4 Å².